The van der Waals surface area contributed by atoms with Crippen molar-refractivity contribution in [3.8, 4) is 0 Å². The lowest BCUT2D eigenvalue weighted by molar-refractivity contribution is -0.136. The van der Waals surface area contributed by atoms with Crippen molar-refractivity contribution in [2.75, 3.05) is 18.0 Å². The zero-order valence-electron chi connectivity index (χ0n) is 17.5. The normalized spacial score (nSPS) is 29.1. The molecule has 4 aliphatic rings. The van der Waals surface area contributed by atoms with Crippen molar-refractivity contribution in [3.63, 3.8) is 0 Å². The number of amides is 4. The standard InChI is InChI=1S/C22H26N4O4/c1-22(2,3)25-11-13-8-14(25)10-24(13)12-4-5-15-16(9-12)21(30)26(20(15)29)17-6-7-18(27)23-19(17)28/h4-5,9,13-14,17H,6-8,10-11H2,1-3H3,(H,23,27,28)/t13-,14-,17+/m1/s1. The van der Waals surface area contributed by atoms with Gasteiger partial charge in [0.1, 0.15) is 6.04 Å². The minimum Gasteiger partial charge on any atom is -0.366 e. The first-order valence-electron chi connectivity index (χ1n) is 10.5. The van der Waals surface area contributed by atoms with Crippen LogP contribution in [0.3, 0.4) is 0 Å². The number of likely N-dealkylation sites (tertiary alicyclic amines) is 1. The molecule has 0 unspecified atom stereocenters. The van der Waals surface area contributed by atoms with E-state index in [4.69, 9.17) is 0 Å². The largest absolute Gasteiger partial charge is 0.366 e. The average Bonchev–Trinajstić information content (AvgIpc) is 3.35. The van der Waals surface area contributed by atoms with E-state index in [1.54, 1.807) is 12.1 Å². The van der Waals surface area contributed by atoms with Crippen molar-refractivity contribution in [3.05, 3.63) is 29.3 Å². The number of hydrogen-bond donors (Lipinski definition) is 1. The van der Waals surface area contributed by atoms with E-state index in [2.05, 4.69) is 35.9 Å². The first kappa shape index (κ1) is 19.2. The molecule has 4 amide bonds. The van der Waals surface area contributed by atoms with E-state index in [0.717, 1.165) is 30.1 Å². The molecule has 2 bridgehead atoms. The fraction of sp³-hybridized carbons (Fsp3) is 0.545. The Kier molecular flexibility index (Phi) is 4.09. The molecule has 4 aliphatic heterocycles. The number of imide groups is 2. The van der Waals surface area contributed by atoms with Gasteiger partial charge in [0.2, 0.25) is 11.8 Å². The van der Waals surface area contributed by atoms with Gasteiger partial charge in [-0.05, 0) is 51.8 Å². The van der Waals surface area contributed by atoms with Gasteiger partial charge in [-0.2, -0.15) is 0 Å². The topological polar surface area (TPSA) is 90.0 Å². The maximum Gasteiger partial charge on any atom is 0.262 e. The number of carbonyl (C=O) groups is 4. The molecule has 158 valence electrons. The number of hydrogen-bond acceptors (Lipinski definition) is 6. The lowest BCUT2D eigenvalue weighted by Gasteiger charge is -2.42. The molecule has 1 aromatic rings. The van der Waals surface area contributed by atoms with Gasteiger partial charge in [0.25, 0.3) is 11.8 Å². The molecule has 3 saturated heterocycles. The second kappa shape index (κ2) is 6.38. The Balaban J connectivity index is 1.39. The molecular weight excluding hydrogens is 384 g/mol. The van der Waals surface area contributed by atoms with Gasteiger partial charge >= 0.3 is 0 Å². The fourth-order valence-corrected chi connectivity index (χ4v) is 5.44. The van der Waals surface area contributed by atoms with Crippen LogP contribution in [-0.2, 0) is 9.59 Å². The number of nitrogens with zero attached hydrogens (tertiary/aromatic N) is 3. The molecule has 4 heterocycles. The lowest BCUT2D eigenvalue weighted by atomic mass is 10.0. The van der Waals surface area contributed by atoms with Crippen LogP contribution in [0.5, 0.6) is 0 Å². The highest BCUT2D eigenvalue weighted by atomic mass is 16.2. The summed E-state index contributed by atoms with van der Waals surface area (Å²) in [5.41, 5.74) is 1.75. The van der Waals surface area contributed by atoms with E-state index in [0.29, 0.717) is 23.2 Å². The minimum absolute atomic E-state index is 0.121. The summed E-state index contributed by atoms with van der Waals surface area (Å²) in [5, 5.41) is 2.23. The quantitative estimate of drug-likeness (QED) is 0.736. The molecule has 1 aromatic carbocycles. The smallest absolute Gasteiger partial charge is 0.262 e. The Labute approximate surface area is 175 Å². The third kappa shape index (κ3) is 2.77. The second-order valence-electron chi connectivity index (χ2n) is 9.70. The highest BCUT2D eigenvalue weighted by Gasteiger charge is 2.48. The Morgan fingerprint density at radius 2 is 1.70 bits per heavy atom. The highest BCUT2D eigenvalue weighted by molar-refractivity contribution is 6.23. The SMILES string of the molecule is CC(C)(C)N1C[C@H]2C[C@@H]1CN2c1ccc2c(c1)C(=O)N([C@H]1CCC(=O)NC1=O)C2=O. The van der Waals surface area contributed by atoms with Crippen LogP contribution in [0.25, 0.3) is 0 Å². The van der Waals surface area contributed by atoms with E-state index in [1.807, 2.05) is 6.07 Å². The second-order valence-corrected chi connectivity index (χ2v) is 9.70. The van der Waals surface area contributed by atoms with Gasteiger partial charge in [-0.15, -0.1) is 0 Å². The van der Waals surface area contributed by atoms with Gasteiger partial charge in [0.05, 0.1) is 11.1 Å². The molecule has 8 heteroatoms. The van der Waals surface area contributed by atoms with Crippen LogP contribution in [0, 0.1) is 0 Å². The average molecular weight is 410 g/mol. The molecule has 0 saturated carbocycles. The molecule has 0 spiro atoms. The number of rotatable bonds is 2. The molecular formula is C22H26N4O4. The van der Waals surface area contributed by atoms with Gasteiger partial charge in [0.15, 0.2) is 0 Å². The maximum atomic E-state index is 13.1. The van der Waals surface area contributed by atoms with Gasteiger partial charge in [-0.1, -0.05) is 0 Å². The monoisotopic (exact) mass is 410 g/mol. The Morgan fingerprint density at radius 1 is 0.967 bits per heavy atom. The van der Waals surface area contributed by atoms with E-state index in [1.165, 1.54) is 0 Å². The summed E-state index contributed by atoms with van der Waals surface area (Å²) in [5.74, 6) is -1.87. The number of benzene rings is 1. The van der Waals surface area contributed by atoms with Crippen LogP contribution >= 0.6 is 0 Å². The summed E-state index contributed by atoms with van der Waals surface area (Å²) >= 11 is 0. The molecule has 3 fully saturated rings. The summed E-state index contributed by atoms with van der Waals surface area (Å²) in [6.45, 7) is 8.60. The summed E-state index contributed by atoms with van der Waals surface area (Å²) in [6, 6.07) is 5.35. The first-order chi connectivity index (χ1) is 14.1. The number of nitrogens with one attached hydrogen (secondary N) is 1. The summed E-state index contributed by atoms with van der Waals surface area (Å²) in [7, 11) is 0. The van der Waals surface area contributed by atoms with E-state index in [9.17, 15) is 19.2 Å². The summed E-state index contributed by atoms with van der Waals surface area (Å²) in [6.07, 6.45) is 1.39. The van der Waals surface area contributed by atoms with Crippen LogP contribution in [0.15, 0.2) is 18.2 Å². The lowest BCUT2D eigenvalue weighted by Crippen LogP contribution is -2.54. The minimum atomic E-state index is -0.929. The van der Waals surface area contributed by atoms with Gasteiger partial charge < -0.3 is 4.90 Å². The molecule has 3 atom stereocenters. The van der Waals surface area contributed by atoms with Crippen molar-refractivity contribution in [2.45, 2.75) is 63.7 Å². The van der Waals surface area contributed by atoms with Crippen LogP contribution in [-0.4, -0.2) is 70.2 Å². The molecule has 0 aromatic heterocycles. The Bertz CT molecular complexity index is 982. The van der Waals surface area contributed by atoms with Crippen molar-refractivity contribution >= 4 is 29.3 Å². The summed E-state index contributed by atoms with van der Waals surface area (Å²) in [4.78, 5) is 55.5. The van der Waals surface area contributed by atoms with Crippen molar-refractivity contribution in [1.29, 1.82) is 0 Å². The fourth-order valence-electron chi connectivity index (χ4n) is 5.44. The van der Waals surface area contributed by atoms with Gasteiger partial charge in [-0.25, -0.2) is 0 Å². The molecule has 1 N–H and O–H groups in total. The molecule has 8 nitrogen and oxygen atoms in total. The van der Waals surface area contributed by atoms with Gasteiger partial charge in [0, 0.05) is 42.8 Å². The Morgan fingerprint density at radius 3 is 2.33 bits per heavy atom. The van der Waals surface area contributed by atoms with Crippen LogP contribution in [0.1, 0.15) is 60.7 Å². The van der Waals surface area contributed by atoms with Crippen molar-refractivity contribution in [1.82, 2.24) is 15.1 Å². The molecule has 30 heavy (non-hydrogen) atoms. The number of piperazine rings is 1. The third-order valence-electron chi connectivity index (χ3n) is 6.86. The third-order valence-corrected chi connectivity index (χ3v) is 6.86. The number of carbonyl (C=O) groups excluding carboxylic acids is 4. The Hall–Kier alpha value is -2.74. The summed E-state index contributed by atoms with van der Waals surface area (Å²) < 4.78 is 0. The number of piperidine rings is 1. The zero-order valence-corrected chi connectivity index (χ0v) is 17.5. The van der Waals surface area contributed by atoms with Crippen LogP contribution in [0.2, 0.25) is 0 Å². The van der Waals surface area contributed by atoms with Crippen molar-refractivity contribution < 1.29 is 19.2 Å². The first-order valence-corrected chi connectivity index (χ1v) is 10.5. The highest BCUT2D eigenvalue weighted by Crippen LogP contribution is 2.39. The van der Waals surface area contributed by atoms with Crippen molar-refractivity contribution in [2.24, 2.45) is 0 Å². The maximum absolute atomic E-state index is 13.1. The van der Waals surface area contributed by atoms with Crippen LogP contribution in [0.4, 0.5) is 5.69 Å². The predicted molar refractivity (Wildman–Crippen MR) is 109 cm³/mol. The van der Waals surface area contributed by atoms with Gasteiger partial charge in [-0.3, -0.25) is 34.3 Å². The molecule has 0 aliphatic carbocycles. The number of anilines is 1. The van der Waals surface area contributed by atoms with E-state index in [-0.39, 0.29) is 24.3 Å². The molecule has 5 rings (SSSR count). The van der Waals surface area contributed by atoms with E-state index >= 15 is 0 Å². The predicted octanol–water partition coefficient (Wildman–Crippen LogP) is 1.15. The zero-order chi connectivity index (χ0) is 21.4. The molecule has 0 radical (unpaired) electrons. The van der Waals surface area contributed by atoms with E-state index < -0.39 is 23.8 Å². The number of fused-ring (bicyclic) bond motifs is 3. The van der Waals surface area contributed by atoms with Crippen LogP contribution < -0.4 is 10.2 Å².